The van der Waals surface area contributed by atoms with Crippen molar-refractivity contribution in [1.82, 2.24) is 5.32 Å². The summed E-state index contributed by atoms with van der Waals surface area (Å²) in [4.78, 5) is 15.7. The fourth-order valence-electron chi connectivity index (χ4n) is 1.94. The number of aliphatic imine (C=N–C) groups is 1. The normalized spacial score (nSPS) is 11.4. The van der Waals surface area contributed by atoms with E-state index in [4.69, 9.17) is 5.73 Å². The van der Waals surface area contributed by atoms with E-state index < -0.39 is 18.1 Å². The van der Waals surface area contributed by atoms with Crippen molar-refractivity contribution in [2.24, 2.45) is 10.7 Å². The minimum Gasteiger partial charge on any atom is -0.406 e. The van der Waals surface area contributed by atoms with Gasteiger partial charge in [-0.05, 0) is 42.0 Å². The molecule has 0 aromatic heterocycles. The molecule has 0 fully saturated rings. The quantitative estimate of drug-likeness (QED) is 0.240. The molecule has 2 aromatic rings. The van der Waals surface area contributed by atoms with Crippen molar-refractivity contribution >= 4 is 41.5 Å². The van der Waals surface area contributed by atoms with Gasteiger partial charge in [0.2, 0.25) is 5.91 Å². The van der Waals surface area contributed by atoms with Crippen LogP contribution in [0.5, 0.6) is 5.75 Å². The Balaban J connectivity index is 0.00000392. The molecule has 0 spiro atoms. The molecule has 1 amide bonds. The number of rotatable bonds is 6. The average Bonchev–Trinajstić information content (AvgIpc) is 2.60. The number of alkyl halides is 3. The molecule has 4 N–H and O–H groups in total. The second-order valence-electron chi connectivity index (χ2n) is 5.30. The molecule has 0 radical (unpaired) electrons. The van der Waals surface area contributed by atoms with Crippen LogP contribution in [0.25, 0.3) is 0 Å². The maximum absolute atomic E-state index is 12.8. The first-order valence-electron chi connectivity index (χ1n) is 7.65. The number of nitrogens with two attached hydrogens (primary N) is 1. The van der Waals surface area contributed by atoms with Crippen LogP contribution >= 0.6 is 24.0 Å². The van der Waals surface area contributed by atoms with E-state index in [0.717, 1.165) is 12.1 Å². The summed E-state index contributed by atoms with van der Waals surface area (Å²) >= 11 is 0. The maximum atomic E-state index is 12.8. The van der Waals surface area contributed by atoms with Gasteiger partial charge in [-0.2, -0.15) is 0 Å². The van der Waals surface area contributed by atoms with E-state index in [1.165, 1.54) is 36.4 Å². The highest BCUT2D eigenvalue weighted by molar-refractivity contribution is 14.0. The summed E-state index contributed by atoms with van der Waals surface area (Å²) in [6, 6.07) is 10.4. The number of carbonyl (C=O) groups is 1. The predicted octanol–water partition coefficient (Wildman–Crippen LogP) is 3.39. The summed E-state index contributed by atoms with van der Waals surface area (Å²) in [5.41, 5.74) is 6.66. The van der Waals surface area contributed by atoms with Gasteiger partial charge in [-0.15, -0.1) is 37.1 Å². The monoisotopic (exact) mass is 512 g/mol. The number of hydrogen-bond donors (Lipinski definition) is 3. The minimum atomic E-state index is -4.75. The van der Waals surface area contributed by atoms with Gasteiger partial charge in [0.15, 0.2) is 5.96 Å². The molecule has 2 rings (SSSR count). The summed E-state index contributed by atoms with van der Waals surface area (Å²) in [6.07, 6.45) is -4.75. The zero-order chi connectivity index (χ0) is 19.9. The van der Waals surface area contributed by atoms with Gasteiger partial charge < -0.3 is 21.1 Å². The Hall–Kier alpha value is -2.57. The summed E-state index contributed by atoms with van der Waals surface area (Å²) in [5.74, 6) is -1.17. The molecule has 11 heteroatoms. The number of hydrogen-bond acceptors (Lipinski definition) is 3. The Morgan fingerprint density at radius 2 is 1.68 bits per heavy atom. The topological polar surface area (TPSA) is 88.7 Å². The molecule has 6 nitrogen and oxygen atoms in total. The van der Waals surface area contributed by atoms with Gasteiger partial charge in [0.05, 0.1) is 13.1 Å². The summed E-state index contributed by atoms with van der Waals surface area (Å²) < 4.78 is 52.8. The molecular formula is C17H17F4IN4O2. The lowest BCUT2D eigenvalue weighted by Crippen LogP contribution is -2.37. The van der Waals surface area contributed by atoms with E-state index in [1.807, 2.05) is 0 Å². The van der Waals surface area contributed by atoms with Gasteiger partial charge in [0.25, 0.3) is 0 Å². The smallest absolute Gasteiger partial charge is 0.406 e. The van der Waals surface area contributed by atoms with Crippen molar-refractivity contribution in [3.63, 3.8) is 0 Å². The molecule has 0 saturated heterocycles. The van der Waals surface area contributed by atoms with Gasteiger partial charge in [-0.1, -0.05) is 12.1 Å². The van der Waals surface area contributed by atoms with Gasteiger partial charge >= 0.3 is 6.36 Å². The standard InChI is InChI=1S/C17H16F4N4O2.HI/c18-12-3-5-13(6-4-12)25-15(26)10-24-16(22)23-9-11-1-7-14(8-2-11)27-17(19,20)21;/h1-8H,9-10H2,(H,25,26)(H3,22,23,24);1H. The molecule has 0 saturated carbocycles. The molecular weight excluding hydrogens is 495 g/mol. The lowest BCUT2D eigenvalue weighted by molar-refractivity contribution is -0.274. The zero-order valence-electron chi connectivity index (χ0n) is 14.3. The van der Waals surface area contributed by atoms with Crippen molar-refractivity contribution in [3.05, 3.63) is 59.9 Å². The second-order valence-corrected chi connectivity index (χ2v) is 5.30. The first kappa shape index (κ1) is 23.5. The van der Waals surface area contributed by atoms with Crippen LogP contribution in [-0.4, -0.2) is 24.8 Å². The van der Waals surface area contributed by atoms with E-state index in [0.29, 0.717) is 11.3 Å². The number of amides is 1. The lowest BCUT2D eigenvalue weighted by atomic mass is 10.2. The van der Waals surface area contributed by atoms with Gasteiger partial charge in [-0.3, -0.25) is 4.79 Å². The third kappa shape index (κ3) is 8.88. The van der Waals surface area contributed by atoms with Crippen molar-refractivity contribution in [1.29, 1.82) is 0 Å². The number of carbonyl (C=O) groups excluding carboxylic acids is 1. The van der Waals surface area contributed by atoms with Gasteiger partial charge in [0.1, 0.15) is 11.6 Å². The van der Waals surface area contributed by atoms with Crippen LogP contribution in [0.15, 0.2) is 53.5 Å². The van der Waals surface area contributed by atoms with Crippen molar-refractivity contribution in [2.45, 2.75) is 12.9 Å². The molecule has 2 aromatic carbocycles. The largest absolute Gasteiger partial charge is 0.573 e. The number of nitrogens with zero attached hydrogens (tertiary/aromatic N) is 1. The van der Waals surface area contributed by atoms with Crippen LogP contribution < -0.4 is 21.1 Å². The van der Waals surface area contributed by atoms with Crippen molar-refractivity contribution < 1.29 is 27.1 Å². The Bertz CT molecular complexity index is 796. The van der Waals surface area contributed by atoms with Crippen LogP contribution in [0.2, 0.25) is 0 Å². The summed E-state index contributed by atoms with van der Waals surface area (Å²) in [6.45, 7) is -0.0597. The molecule has 0 atom stereocenters. The molecule has 0 unspecified atom stereocenters. The lowest BCUT2D eigenvalue weighted by Gasteiger charge is -2.09. The van der Waals surface area contributed by atoms with Crippen molar-refractivity contribution in [3.8, 4) is 5.75 Å². The Kier molecular flexibility index (Phi) is 8.96. The Labute approximate surface area is 175 Å². The number of halogens is 5. The molecule has 28 heavy (non-hydrogen) atoms. The first-order valence-corrected chi connectivity index (χ1v) is 7.65. The SMILES string of the molecule is I.NC(=NCc1ccc(OC(F)(F)F)cc1)NCC(=O)Nc1ccc(F)cc1. The fourth-order valence-corrected chi connectivity index (χ4v) is 1.94. The highest BCUT2D eigenvalue weighted by Gasteiger charge is 2.30. The van der Waals surface area contributed by atoms with Crippen LogP contribution in [-0.2, 0) is 11.3 Å². The van der Waals surface area contributed by atoms with E-state index in [-0.39, 0.29) is 48.8 Å². The predicted molar refractivity (Wildman–Crippen MR) is 107 cm³/mol. The molecule has 0 heterocycles. The van der Waals surface area contributed by atoms with Crippen LogP contribution in [0.3, 0.4) is 0 Å². The summed E-state index contributed by atoms with van der Waals surface area (Å²) in [7, 11) is 0. The Morgan fingerprint density at radius 1 is 1.07 bits per heavy atom. The highest BCUT2D eigenvalue weighted by atomic mass is 127. The number of anilines is 1. The highest BCUT2D eigenvalue weighted by Crippen LogP contribution is 2.22. The average molecular weight is 512 g/mol. The number of benzene rings is 2. The van der Waals surface area contributed by atoms with E-state index in [1.54, 1.807) is 0 Å². The summed E-state index contributed by atoms with van der Waals surface area (Å²) in [5, 5.41) is 5.13. The van der Waals surface area contributed by atoms with Crippen LogP contribution in [0.4, 0.5) is 23.2 Å². The van der Waals surface area contributed by atoms with Gasteiger partial charge in [0, 0.05) is 5.69 Å². The zero-order valence-corrected chi connectivity index (χ0v) is 16.6. The van der Waals surface area contributed by atoms with Crippen molar-refractivity contribution in [2.75, 3.05) is 11.9 Å². The van der Waals surface area contributed by atoms with Crippen LogP contribution in [0, 0.1) is 5.82 Å². The number of guanidine groups is 1. The van der Waals surface area contributed by atoms with Crippen LogP contribution in [0.1, 0.15) is 5.56 Å². The van der Waals surface area contributed by atoms with E-state index >= 15 is 0 Å². The molecule has 0 aliphatic carbocycles. The molecule has 152 valence electrons. The number of ether oxygens (including phenoxy) is 1. The Morgan fingerprint density at radius 3 is 2.25 bits per heavy atom. The second kappa shape index (κ2) is 10.7. The number of nitrogens with one attached hydrogen (secondary N) is 2. The van der Waals surface area contributed by atoms with Gasteiger partial charge in [-0.25, -0.2) is 9.38 Å². The fraction of sp³-hybridized carbons (Fsp3) is 0.176. The molecule has 0 aliphatic rings. The molecule has 0 aliphatic heterocycles. The minimum absolute atomic E-state index is 0. The first-order chi connectivity index (χ1) is 12.7. The maximum Gasteiger partial charge on any atom is 0.573 e. The third-order valence-corrected chi connectivity index (χ3v) is 3.15. The molecule has 0 bridgehead atoms. The third-order valence-electron chi connectivity index (χ3n) is 3.15. The van der Waals surface area contributed by atoms with E-state index in [9.17, 15) is 22.4 Å². The van der Waals surface area contributed by atoms with E-state index in [2.05, 4.69) is 20.4 Å².